The number of hydrogen-bond acceptors (Lipinski definition) is 2. The summed E-state index contributed by atoms with van der Waals surface area (Å²) in [6.07, 6.45) is 0. The van der Waals surface area contributed by atoms with Crippen LogP contribution in [0.5, 0.6) is 0 Å². The maximum absolute atomic E-state index is 10.9. The van der Waals surface area contributed by atoms with Crippen LogP contribution in [0.15, 0.2) is 22.7 Å². The fourth-order valence-electron chi connectivity index (χ4n) is 1.18. The van der Waals surface area contributed by atoms with E-state index in [-0.39, 0.29) is 11.0 Å². The van der Waals surface area contributed by atoms with Crippen molar-refractivity contribution in [3.63, 3.8) is 0 Å². The predicted octanol–water partition coefficient (Wildman–Crippen LogP) is 3.61. The molecule has 0 aliphatic heterocycles. The van der Waals surface area contributed by atoms with Gasteiger partial charge < -0.3 is 10.4 Å². The summed E-state index contributed by atoms with van der Waals surface area (Å²) in [6.45, 7) is 7.16. The molecule has 0 saturated heterocycles. The minimum atomic E-state index is -0.917. The Hall–Kier alpha value is -1.03. The van der Waals surface area contributed by atoms with Crippen LogP contribution in [0.4, 0.5) is 5.69 Å². The molecule has 1 aromatic carbocycles. The highest BCUT2D eigenvalue weighted by Crippen LogP contribution is 2.21. The number of anilines is 1. The number of carbonyl (C=O) groups is 1. The summed E-state index contributed by atoms with van der Waals surface area (Å²) < 4.78 is 0.767. The molecule has 0 heterocycles. The molecule has 16 heavy (non-hydrogen) atoms. The number of benzene rings is 1. The maximum atomic E-state index is 10.9. The van der Waals surface area contributed by atoms with Crippen LogP contribution in [0.25, 0.3) is 0 Å². The quantitative estimate of drug-likeness (QED) is 0.892. The second-order valence-electron chi connectivity index (χ2n) is 4.95. The molecule has 0 amide bonds. The monoisotopic (exact) mass is 285 g/mol. The second-order valence-corrected chi connectivity index (χ2v) is 5.86. The van der Waals surface area contributed by atoms with E-state index in [0.29, 0.717) is 0 Å². The van der Waals surface area contributed by atoms with Crippen molar-refractivity contribution in [3.8, 4) is 0 Å². The fourth-order valence-corrected chi connectivity index (χ4v) is 1.68. The summed E-state index contributed by atoms with van der Waals surface area (Å²) in [4.78, 5) is 10.9. The first kappa shape index (κ1) is 13.0. The third-order valence-electron chi connectivity index (χ3n) is 1.97. The SMILES string of the molecule is CC(C)(C)CNc1cc(Br)cc(C(=O)O)c1. The number of carboxylic acids is 1. The Morgan fingerprint density at radius 1 is 1.38 bits per heavy atom. The van der Waals surface area contributed by atoms with E-state index in [9.17, 15) is 4.79 Å². The Bertz CT molecular complexity index is 396. The van der Waals surface area contributed by atoms with Gasteiger partial charge in [0.25, 0.3) is 0 Å². The Labute approximate surface area is 104 Å². The van der Waals surface area contributed by atoms with Gasteiger partial charge in [-0.25, -0.2) is 4.79 Å². The lowest BCUT2D eigenvalue weighted by atomic mass is 9.97. The Balaban J connectivity index is 2.85. The highest BCUT2D eigenvalue weighted by Gasteiger charge is 2.11. The summed E-state index contributed by atoms with van der Waals surface area (Å²) in [7, 11) is 0. The van der Waals surface area contributed by atoms with Crippen molar-refractivity contribution in [1.82, 2.24) is 0 Å². The summed E-state index contributed by atoms with van der Waals surface area (Å²) in [6, 6.07) is 5.10. The molecule has 0 aliphatic rings. The average molecular weight is 286 g/mol. The summed E-state index contributed by atoms with van der Waals surface area (Å²) >= 11 is 3.30. The molecule has 0 atom stereocenters. The molecule has 0 fully saturated rings. The van der Waals surface area contributed by atoms with E-state index in [0.717, 1.165) is 16.7 Å². The molecule has 0 aromatic heterocycles. The molecule has 0 spiro atoms. The first-order valence-corrected chi connectivity index (χ1v) is 5.85. The standard InChI is InChI=1S/C12H16BrNO2/c1-12(2,3)7-14-10-5-8(11(15)16)4-9(13)6-10/h4-6,14H,7H2,1-3H3,(H,15,16). The smallest absolute Gasteiger partial charge is 0.335 e. The molecule has 0 bridgehead atoms. The number of halogens is 1. The van der Waals surface area contributed by atoms with Gasteiger partial charge in [0.1, 0.15) is 0 Å². The highest BCUT2D eigenvalue weighted by atomic mass is 79.9. The normalized spacial score (nSPS) is 11.2. The first-order valence-electron chi connectivity index (χ1n) is 5.06. The van der Waals surface area contributed by atoms with Gasteiger partial charge in [-0.15, -0.1) is 0 Å². The largest absolute Gasteiger partial charge is 0.478 e. The zero-order valence-corrected chi connectivity index (χ0v) is 11.3. The van der Waals surface area contributed by atoms with Gasteiger partial charge in [0, 0.05) is 16.7 Å². The summed E-state index contributed by atoms with van der Waals surface area (Å²) in [5, 5.41) is 12.1. The van der Waals surface area contributed by atoms with Gasteiger partial charge >= 0.3 is 5.97 Å². The van der Waals surface area contributed by atoms with Crippen molar-refractivity contribution in [3.05, 3.63) is 28.2 Å². The van der Waals surface area contributed by atoms with Crippen LogP contribution in [0.2, 0.25) is 0 Å². The van der Waals surface area contributed by atoms with Crippen LogP contribution >= 0.6 is 15.9 Å². The number of carboxylic acid groups (broad SMARTS) is 1. The third kappa shape index (κ3) is 4.23. The summed E-state index contributed by atoms with van der Waals surface area (Å²) in [5.74, 6) is -0.917. The van der Waals surface area contributed by atoms with Crippen LogP contribution in [0.3, 0.4) is 0 Å². The van der Waals surface area contributed by atoms with Crippen LogP contribution in [0.1, 0.15) is 31.1 Å². The molecule has 0 unspecified atom stereocenters. The van der Waals surface area contributed by atoms with Crippen LogP contribution < -0.4 is 5.32 Å². The van der Waals surface area contributed by atoms with Gasteiger partial charge in [0.15, 0.2) is 0 Å². The zero-order valence-electron chi connectivity index (χ0n) is 9.67. The fraction of sp³-hybridized carbons (Fsp3) is 0.417. The van der Waals surface area contributed by atoms with Crippen molar-refractivity contribution in [2.45, 2.75) is 20.8 Å². The zero-order chi connectivity index (χ0) is 12.3. The lowest BCUT2D eigenvalue weighted by Crippen LogP contribution is -2.19. The molecule has 88 valence electrons. The number of hydrogen-bond donors (Lipinski definition) is 2. The molecule has 3 nitrogen and oxygen atoms in total. The van der Waals surface area contributed by atoms with E-state index in [1.54, 1.807) is 12.1 Å². The van der Waals surface area contributed by atoms with Crippen LogP contribution in [0, 0.1) is 5.41 Å². The minimum absolute atomic E-state index is 0.158. The van der Waals surface area contributed by atoms with Gasteiger partial charge in [-0.3, -0.25) is 0 Å². The van der Waals surface area contributed by atoms with Crippen molar-refractivity contribution in [2.75, 3.05) is 11.9 Å². The third-order valence-corrected chi connectivity index (χ3v) is 2.43. The van der Waals surface area contributed by atoms with E-state index in [2.05, 4.69) is 42.0 Å². The number of aromatic carboxylic acids is 1. The molecule has 1 aromatic rings. The summed E-state index contributed by atoms with van der Waals surface area (Å²) in [5.41, 5.74) is 1.26. The van der Waals surface area contributed by atoms with Crippen LogP contribution in [-0.4, -0.2) is 17.6 Å². The van der Waals surface area contributed by atoms with Crippen molar-refractivity contribution < 1.29 is 9.90 Å². The number of nitrogens with one attached hydrogen (secondary N) is 1. The predicted molar refractivity (Wildman–Crippen MR) is 69.0 cm³/mol. The van der Waals surface area contributed by atoms with Gasteiger partial charge in [-0.2, -0.15) is 0 Å². The van der Waals surface area contributed by atoms with Crippen molar-refractivity contribution in [1.29, 1.82) is 0 Å². The van der Waals surface area contributed by atoms with Crippen molar-refractivity contribution >= 4 is 27.6 Å². The van der Waals surface area contributed by atoms with E-state index in [1.165, 1.54) is 0 Å². The Morgan fingerprint density at radius 2 is 2.00 bits per heavy atom. The van der Waals surface area contributed by atoms with Gasteiger partial charge in [-0.05, 0) is 23.6 Å². The molecular formula is C12H16BrNO2. The molecule has 2 N–H and O–H groups in total. The van der Waals surface area contributed by atoms with E-state index < -0.39 is 5.97 Å². The minimum Gasteiger partial charge on any atom is -0.478 e. The van der Waals surface area contributed by atoms with E-state index in [4.69, 9.17) is 5.11 Å². The highest BCUT2D eigenvalue weighted by molar-refractivity contribution is 9.10. The topological polar surface area (TPSA) is 49.3 Å². The van der Waals surface area contributed by atoms with E-state index >= 15 is 0 Å². The average Bonchev–Trinajstić information content (AvgIpc) is 2.13. The number of rotatable bonds is 3. The Morgan fingerprint density at radius 3 is 2.50 bits per heavy atom. The molecule has 0 saturated carbocycles. The maximum Gasteiger partial charge on any atom is 0.335 e. The van der Waals surface area contributed by atoms with Crippen molar-refractivity contribution in [2.24, 2.45) is 5.41 Å². The van der Waals surface area contributed by atoms with E-state index in [1.807, 2.05) is 6.07 Å². The van der Waals surface area contributed by atoms with Gasteiger partial charge in [0.2, 0.25) is 0 Å². The van der Waals surface area contributed by atoms with Gasteiger partial charge in [0.05, 0.1) is 5.56 Å². The van der Waals surface area contributed by atoms with Crippen LogP contribution in [-0.2, 0) is 0 Å². The lowest BCUT2D eigenvalue weighted by molar-refractivity contribution is 0.0697. The molecule has 1 rings (SSSR count). The first-order chi connectivity index (χ1) is 7.28. The molecule has 4 heteroatoms. The molecule has 0 aliphatic carbocycles. The second kappa shape index (κ2) is 4.87. The Kier molecular flexibility index (Phi) is 3.97. The molecule has 0 radical (unpaired) electrons. The van der Waals surface area contributed by atoms with Gasteiger partial charge in [-0.1, -0.05) is 36.7 Å². The molecular weight excluding hydrogens is 270 g/mol. The lowest BCUT2D eigenvalue weighted by Gasteiger charge is -2.20.